The maximum absolute atomic E-state index is 10.7. The Hall–Kier alpha value is -0.280. The average Bonchev–Trinajstić information content (AvgIpc) is 1.80. The Balaban J connectivity index is 0.000000810. The highest BCUT2D eigenvalue weighted by atomic mass is 35.5. The van der Waals surface area contributed by atoms with Crippen molar-refractivity contribution in [3.05, 3.63) is 0 Å². The second-order valence-corrected chi connectivity index (χ2v) is 2.56. The molecule has 1 saturated heterocycles. The second kappa shape index (κ2) is 3.78. The zero-order valence-corrected chi connectivity index (χ0v) is 6.78. The summed E-state index contributed by atoms with van der Waals surface area (Å²) >= 11 is 0. The van der Waals surface area contributed by atoms with Crippen molar-refractivity contribution in [3.63, 3.8) is 0 Å². The minimum atomic E-state index is 0. The maximum Gasteiger partial charge on any atom is 0.220 e. The number of carbonyl (C=O) groups is 1. The van der Waals surface area contributed by atoms with E-state index in [0.29, 0.717) is 6.42 Å². The number of halogens is 1. The molecule has 0 aliphatic carbocycles. The molecule has 1 fully saturated rings. The number of piperidine rings is 1. The molecule has 3 nitrogen and oxygen atoms in total. The van der Waals surface area contributed by atoms with Crippen LogP contribution in [0.5, 0.6) is 0 Å². The molecule has 4 heteroatoms. The first kappa shape index (κ1) is 9.72. The molecule has 1 aliphatic rings. The van der Waals surface area contributed by atoms with E-state index in [1.165, 1.54) is 0 Å². The number of carbonyl (C=O) groups excluding carboxylic acids is 1. The molecular weight excluding hydrogens is 152 g/mol. The highest BCUT2D eigenvalue weighted by Gasteiger charge is 2.20. The Morgan fingerprint density at radius 2 is 2.30 bits per heavy atom. The van der Waals surface area contributed by atoms with Crippen LogP contribution in [-0.2, 0) is 4.79 Å². The predicted molar refractivity (Wildman–Crippen MR) is 42.1 cm³/mol. The van der Waals surface area contributed by atoms with Crippen LogP contribution in [-0.4, -0.2) is 18.0 Å². The van der Waals surface area contributed by atoms with E-state index in [4.69, 9.17) is 5.73 Å². The van der Waals surface area contributed by atoms with E-state index in [9.17, 15) is 4.79 Å². The molecule has 10 heavy (non-hydrogen) atoms. The van der Waals surface area contributed by atoms with Crippen molar-refractivity contribution >= 4 is 18.3 Å². The second-order valence-electron chi connectivity index (χ2n) is 2.56. The van der Waals surface area contributed by atoms with E-state index in [2.05, 4.69) is 5.32 Å². The lowest BCUT2D eigenvalue weighted by atomic mass is 10.0. The zero-order valence-electron chi connectivity index (χ0n) is 5.96. The summed E-state index contributed by atoms with van der Waals surface area (Å²) in [6.45, 7) is 1.93. The van der Waals surface area contributed by atoms with Crippen molar-refractivity contribution in [2.45, 2.75) is 31.8 Å². The van der Waals surface area contributed by atoms with Crippen molar-refractivity contribution in [1.29, 1.82) is 0 Å². The molecule has 0 aromatic heterocycles. The van der Waals surface area contributed by atoms with Gasteiger partial charge in [0.25, 0.3) is 0 Å². The third kappa shape index (κ3) is 2.15. The molecule has 0 bridgehead atoms. The van der Waals surface area contributed by atoms with E-state index < -0.39 is 0 Å². The lowest BCUT2D eigenvalue weighted by Crippen LogP contribution is -2.50. The number of nitrogens with two attached hydrogens (primary N) is 1. The fourth-order valence-corrected chi connectivity index (χ4v) is 0.981. The summed E-state index contributed by atoms with van der Waals surface area (Å²) in [6, 6.07) is 0.314. The van der Waals surface area contributed by atoms with Gasteiger partial charge in [-0.3, -0.25) is 4.79 Å². The largest absolute Gasteiger partial charge is 0.352 e. The Morgan fingerprint density at radius 1 is 1.70 bits per heavy atom. The van der Waals surface area contributed by atoms with Gasteiger partial charge < -0.3 is 11.1 Å². The molecule has 60 valence electrons. The Morgan fingerprint density at radius 3 is 2.70 bits per heavy atom. The van der Waals surface area contributed by atoms with Crippen LogP contribution in [0.4, 0.5) is 0 Å². The van der Waals surface area contributed by atoms with Crippen molar-refractivity contribution in [2.75, 3.05) is 0 Å². The van der Waals surface area contributed by atoms with E-state index in [1.54, 1.807) is 0 Å². The third-order valence-electron chi connectivity index (χ3n) is 1.74. The molecule has 0 saturated carbocycles. The van der Waals surface area contributed by atoms with Gasteiger partial charge in [0.05, 0.1) is 0 Å². The van der Waals surface area contributed by atoms with Crippen LogP contribution in [0, 0.1) is 0 Å². The van der Waals surface area contributed by atoms with Crippen LogP contribution in [0.15, 0.2) is 0 Å². The van der Waals surface area contributed by atoms with Gasteiger partial charge in [-0.1, -0.05) is 0 Å². The zero-order chi connectivity index (χ0) is 6.85. The van der Waals surface area contributed by atoms with Gasteiger partial charge in [-0.15, -0.1) is 12.4 Å². The SMILES string of the molecule is CC1NC(=O)CCC1N.Cl. The van der Waals surface area contributed by atoms with Crippen molar-refractivity contribution in [2.24, 2.45) is 5.73 Å². The third-order valence-corrected chi connectivity index (χ3v) is 1.74. The van der Waals surface area contributed by atoms with Crippen LogP contribution in [0.2, 0.25) is 0 Å². The van der Waals surface area contributed by atoms with Crippen molar-refractivity contribution < 1.29 is 4.79 Å². The molecule has 0 radical (unpaired) electrons. The Labute approximate surface area is 66.8 Å². The average molecular weight is 165 g/mol. The van der Waals surface area contributed by atoms with Gasteiger partial charge in [-0.05, 0) is 13.3 Å². The molecule has 0 aromatic rings. The molecule has 1 amide bonds. The normalized spacial score (nSPS) is 32.4. The van der Waals surface area contributed by atoms with Crippen LogP contribution < -0.4 is 11.1 Å². The van der Waals surface area contributed by atoms with Crippen LogP contribution in [0.1, 0.15) is 19.8 Å². The summed E-state index contributed by atoms with van der Waals surface area (Å²) in [6.07, 6.45) is 1.42. The molecule has 1 rings (SSSR count). The summed E-state index contributed by atoms with van der Waals surface area (Å²) in [5.74, 6) is 0.129. The van der Waals surface area contributed by atoms with E-state index in [-0.39, 0.29) is 30.4 Å². The summed E-state index contributed by atoms with van der Waals surface area (Å²) in [4.78, 5) is 10.7. The molecular formula is C6H13ClN2O. The smallest absolute Gasteiger partial charge is 0.220 e. The molecule has 1 heterocycles. The van der Waals surface area contributed by atoms with E-state index >= 15 is 0 Å². The summed E-state index contributed by atoms with van der Waals surface area (Å²) in [5.41, 5.74) is 5.63. The highest BCUT2D eigenvalue weighted by Crippen LogP contribution is 2.05. The van der Waals surface area contributed by atoms with E-state index in [1.807, 2.05) is 6.92 Å². The lowest BCUT2D eigenvalue weighted by molar-refractivity contribution is -0.123. The molecule has 2 atom stereocenters. The number of rotatable bonds is 0. The van der Waals surface area contributed by atoms with Gasteiger partial charge >= 0.3 is 0 Å². The molecule has 0 aromatic carbocycles. The van der Waals surface area contributed by atoms with Gasteiger partial charge in [-0.2, -0.15) is 0 Å². The predicted octanol–water partition coefficient (Wildman–Crippen LogP) is 0.0340. The number of hydrogen-bond acceptors (Lipinski definition) is 2. The van der Waals surface area contributed by atoms with E-state index in [0.717, 1.165) is 6.42 Å². The highest BCUT2D eigenvalue weighted by molar-refractivity contribution is 5.85. The summed E-state index contributed by atoms with van der Waals surface area (Å²) in [7, 11) is 0. The first-order valence-corrected chi connectivity index (χ1v) is 3.25. The molecule has 2 unspecified atom stereocenters. The monoisotopic (exact) mass is 164 g/mol. The maximum atomic E-state index is 10.7. The van der Waals surface area contributed by atoms with Gasteiger partial charge in [0.1, 0.15) is 0 Å². The number of amides is 1. The van der Waals surface area contributed by atoms with Crippen molar-refractivity contribution in [3.8, 4) is 0 Å². The van der Waals surface area contributed by atoms with Crippen LogP contribution in [0.3, 0.4) is 0 Å². The first-order chi connectivity index (χ1) is 4.20. The first-order valence-electron chi connectivity index (χ1n) is 3.25. The standard InChI is InChI=1S/C6H12N2O.ClH/c1-4-5(7)2-3-6(9)8-4;/h4-5H,2-3,7H2,1H3,(H,8,9);1H. The fourth-order valence-electron chi connectivity index (χ4n) is 0.981. The Bertz CT molecular complexity index is 129. The minimum Gasteiger partial charge on any atom is -0.352 e. The Kier molecular flexibility index (Phi) is 3.68. The summed E-state index contributed by atoms with van der Waals surface area (Å²) < 4.78 is 0. The number of nitrogens with one attached hydrogen (secondary N) is 1. The fraction of sp³-hybridized carbons (Fsp3) is 0.833. The van der Waals surface area contributed by atoms with Gasteiger partial charge in [0.2, 0.25) is 5.91 Å². The van der Waals surface area contributed by atoms with Crippen LogP contribution >= 0.6 is 12.4 Å². The van der Waals surface area contributed by atoms with Crippen molar-refractivity contribution in [1.82, 2.24) is 5.32 Å². The summed E-state index contributed by atoms with van der Waals surface area (Å²) in [5, 5.41) is 2.77. The molecule has 1 aliphatic heterocycles. The lowest BCUT2D eigenvalue weighted by Gasteiger charge is -2.25. The topological polar surface area (TPSA) is 55.1 Å². The molecule has 3 N–H and O–H groups in total. The van der Waals surface area contributed by atoms with Crippen LogP contribution in [0.25, 0.3) is 0 Å². The van der Waals surface area contributed by atoms with Gasteiger partial charge in [-0.25, -0.2) is 0 Å². The quantitative estimate of drug-likeness (QED) is 0.531. The van der Waals surface area contributed by atoms with Gasteiger partial charge in [0, 0.05) is 18.5 Å². The molecule has 0 spiro atoms. The van der Waals surface area contributed by atoms with Gasteiger partial charge in [0.15, 0.2) is 0 Å². The number of hydrogen-bond donors (Lipinski definition) is 2. The minimum absolute atomic E-state index is 0.